The second kappa shape index (κ2) is 11.1. The van der Waals surface area contributed by atoms with Crippen LogP contribution in [0.25, 0.3) is 88.7 Å². The van der Waals surface area contributed by atoms with E-state index in [1.807, 2.05) is 12.1 Å². The van der Waals surface area contributed by atoms with Gasteiger partial charge in [0.2, 0.25) is 0 Å². The van der Waals surface area contributed by atoms with E-state index in [9.17, 15) is 0 Å². The van der Waals surface area contributed by atoms with Crippen molar-refractivity contribution in [3.05, 3.63) is 163 Å². The van der Waals surface area contributed by atoms with Crippen molar-refractivity contribution in [1.82, 2.24) is 14.1 Å². The minimum Gasteiger partial charge on any atom is -0.455 e. The van der Waals surface area contributed by atoms with E-state index in [4.69, 9.17) is 9.40 Å². The summed E-state index contributed by atoms with van der Waals surface area (Å²) in [5.74, 6) is 0.936. The maximum absolute atomic E-state index is 6.43. The van der Waals surface area contributed by atoms with Crippen molar-refractivity contribution in [3.8, 4) is 33.9 Å². The van der Waals surface area contributed by atoms with E-state index >= 15 is 0 Å². The highest BCUT2D eigenvalue weighted by atomic mass is 16.3. The number of imidazole rings is 1. The molecule has 10 rings (SSSR count). The van der Waals surface area contributed by atoms with Gasteiger partial charge in [-0.1, -0.05) is 112 Å². The van der Waals surface area contributed by atoms with Gasteiger partial charge >= 0.3 is 0 Å². The molecule has 0 bridgehead atoms. The van der Waals surface area contributed by atoms with Gasteiger partial charge in [-0.15, -0.1) is 0 Å². The maximum atomic E-state index is 6.43. The molecule has 0 spiro atoms. The van der Waals surface area contributed by atoms with Crippen LogP contribution in [0.4, 0.5) is 0 Å². The van der Waals surface area contributed by atoms with Gasteiger partial charge in [0.25, 0.3) is 0 Å². The number of nitrogens with zero attached hydrogens (tertiary/aromatic N) is 3. The van der Waals surface area contributed by atoms with Crippen molar-refractivity contribution < 1.29 is 4.42 Å². The molecule has 0 saturated heterocycles. The van der Waals surface area contributed by atoms with Gasteiger partial charge in [-0.2, -0.15) is 0 Å². The lowest BCUT2D eigenvalue weighted by molar-refractivity contribution is 0.594. The monoisotopic (exact) mass is 657 g/mol. The second-order valence-corrected chi connectivity index (χ2v) is 14.4. The number of hydrogen-bond acceptors (Lipinski definition) is 2. The lowest BCUT2D eigenvalue weighted by Gasteiger charge is -2.22. The van der Waals surface area contributed by atoms with E-state index in [1.54, 1.807) is 0 Å². The number of aromatic nitrogens is 3. The summed E-state index contributed by atoms with van der Waals surface area (Å²) in [4.78, 5) is 5.25. The molecule has 10 aromatic rings. The average Bonchev–Trinajstić information content (AvgIpc) is 3.84. The fourth-order valence-electron chi connectivity index (χ4n) is 7.91. The molecule has 0 aliphatic rings. The molecule has 4 heteroatoms. The molecular weight excluding hydrogens is 623 g/mol. The predicted octanol–water partition coefficient (Wildman–Crippen LogP) is 12.7. The largest absolute Gasteiger partial charge is 0.455 e. The van der Waals surface area contributed by atoms with E-state index in [0.29, 0.717) is 0 Å². The molecule has 7 aromatic carbocycles. The van der Waals surface area contributed by atoms with E-state index < -0.39 is 0 Å². The second-order valence-electron chi connectivity index (χ2n) is 14.4. The van der Waals surface area contributed by atoms with Crippen LogP contribution in [0, 0.1) is 0 Å². The third kappa shape index (κ3) is 4.56. The zero-order chi connectivity index (χ0) is 34.3. The van der Waals surface area contributed by atoms with Crippen molar-refractivity contribution in [2.75, 3.05) is 0 Å². The van der Waals surface area contributed by atoms with E-state index in [0.717, 1.165) is 72.4 Å². The maximum Gasteiger partial charge on any atom is 0.145 e. The van der Waals surface area contributed by atoms with Crippen molar-refractivity contribution in [3.63, 3.8) is 0 Å². The molecule has 0 saturated carbocycles. The molecule has 0 amide bonds. The van der Waals surface area contributed by atoms with Gasteiger partial charge in [0.1, 0.15) is 17.0 Å². The Morgan fingerprint density at radius 3 is 2.00 bits per heavy atom. The summed E-state index contributed by atoms with van der Waals surface area (Å²) >= 11 is 0. The lowest BCUT2D eigenvalue weighted by Crippen LogP contribution is -2.13. The molecule has 0 atom stereocenters. The zero-order valence-corrected chi connectivity index (χ0v) is 28.8. The van der Waals surface area contributed by atoms with Gasteiger partial charge in [0, 0.05) is 44.0 Å². The van der Waals surface area contributed by atoms with E-state index in [1.165, 1.54) is 21.9 Å². The molecule has 4 nitrogen and oxygen atoms in total. The first-order valence-corrected chi connectivity index (χ1v) is 17.6. The first-order chi connectivity index (χ1) is 24.9. The Bertz CT molecular complexity index is 2930. The quantitative estimate of drug-likeness (QED) is 0.189. The Labute approximate surface area is 295 Å². The van der Waals surface area contributed by atoms with Crippen LogP contribution in [0.2, 0.25) is 0 Å². The normalized spacial score (nSPS) is 12.2. The third-order valence-corrected chi connectivity index (χ3v) is 10.3. The molecule has 0 N–H and O–H groups in total. The van der Waals surface area contributed by atoms with Crippen molar-refractivity contribution in [2.24, 2.45) is 0 Å². The highest BCUT2D eigenvalue weighted by molar-refractivity contribution is 6.13. The number of para-hydroxylation sites is 5. The van der Waals surface area contributed by atoms with Gasteiger partial charge in [0.15, 0.2) is 0 Å². The fraction of sp³-hybridized carbons (Fsp3) is 0.0851. The highest BCUT2D eigenvalue weighted by Gasteiger charge is 2.24. The zero-order valence-electron chi connectivity index (χ0n) is 28.8. The summed E-state index contributed by atoms with van der Waals surface area (Å²) in [6.45, 7) is 6.81. The van der Waals surface area contributed by atoms with Crippen LogP contribution in [0.3, 0.4) is 0 Å². The molecule has 3 heterocycles. The number of furan rings is 1. The first kappa shape index (κ1) is 29.5. The molecule has 3 aromatic heterocycles. The van der Waals surface area contributed by atoms with Crippen LogP contribution in [-0.2, 0) is 5.41 Å². The van der Waals surface area contributed by atoms with E-state index in [-0.39, 0.29) is 5.41 Å². The minimum absolute atomic E-state index is 0.0395. The lowest BCUT2D eigenvalue weighted by atomic mass is 9.86. The topological polar surface area (TPSA) is 35.9 Å². The van der Waals surface area contributed by atoms with Crippen LogP contribution in [-0.4, -0.2) is 14.1 Å². The standard InChI is InChI=1S/C47H35N3O/c1-47(2,3)39-19-12-20-40-44(39)50(32-13-5-4-6-14-32)46(48-40)30-23-26-33(27-24-30)49-41-21-9-7-15-35(41)38-29-31(25-28-42(38)49)34-17-11-18-37-36-16-8-10-22-43(36)51-45(34)37/h4-29H,1-3H3. The molecule has 0 aliphatic carbocycles. The molecule has 0 unspecified atom stereocenters. The Kier molecular flexibility index (Phi) is 6.40. The Morgan fingerprint density at radius 1 is 0.510 bits per heavy atom. The van der Waals surface area contributed by atoms with Crippen LogP contribution in [0.1, 0.15) is 26.3 Å². The Morgan fingerprint density at radius 2 is 1.18 bits per heavy atom. The summed E-state index contributed by atoms with van der Waals surface area (Å²) in [5.41, 5.74) is 13.1. The summed E-state index contributed by atoms with van der Waals surface area (Å²) in [6.07, 6.45) is 0. The van der Waals surface area contributed by atoms with Crippen LogP contribution < -0.4 is 0 Å². The molecule has 51 heavy (non-hydrogen) atoms. The average molecular weight is 658 g/mol. The Balaban J connectivity index is 1.13. The van der Waals surface area contributed by atoms with Crippen molar-refractivity contribution >= 4 is 54.8 Å². The number of benzene rings is 7. The molecule has 0 radical (unpaired) electrons. The first-order valence-electron chi connectivity index (χ1n) is 17.6. The molecule has 244 valence electrons. The highest BCUT2D eigenvalue weighted by Crippen LogP contribution is 2.40. The summed E-state index contributed by atoms with van der Waals surface area (Å²) in [6, 6.07) is 56.2. The Hall–Kier alpha value is -6.39. The third-order valence-electron chi connectivity index (χ3n) is 10.3. The predicted molar refractivity (Wildman–Crippen MR) is 212 cm³/mol. The summed E-state index contributed by atoms with van der Waals surface area (Å²) < 4.78 is 11.1. The molecule has 0 aliphatic heterocycles. The van der Waals surface area contributed by atoms with Gasteiger partial charge < -0.3 is 8.98 Å². The number of hydrogen-bond donors (Lipinski definition) is 0. The van der Waals surface area contributed by atoms with Gasteiger partial charge in [0.05, 0.1) is 22.1 Å². The van der Waals surface area contributed by atoms with Crippen LogP contribution in [0.5, 0.6) is 0 Å². The van der Waals surface area contributed by atoms with Gasteiger partial charge in [-0.05, 0) is 83.3 Å². The molecular formula is C47H35N3O. The van der Waals surface area contributed by atoms with Crippen molar-refractivity contribution in [1.29, 1.82) is 0 Å². The number of rotatable bonds is 4. The van der Waals surface area contributed by atoms with Crippen LogP contribution in [0.15, 0.2) is 162 Å². The summed E-state index contributed by atoms with van der Waals surface area (Å²) in [5, 5.41) is 4.71. The van der Waals surface area contributed by atoms with Crippen LogP contribution >= 0.6 is 0 Å². The SMILES string of the molecule is CC(C)(C)c1cccc2nc(-c3ccc(-n4c5ccccc5c5cc(-c6cccc7c6oc6ccccc67)ccc54)cc3)n(-c3ccccc3)c12. The minimum atomic E-state index is -0.0395. The number of fused-ring (bicyclic) bond motifs is 7. The fourth-order valence-corrected chi connectivity index (χ4v) is 7.91. The van der Waals surface area contributed by atoms with Gasteiger partial charge in [-0.25, -0.2) is 4.98 Å². The molecule has 0 fully saturated rings. The van der Waals surface area contributed by atoms with Crippen molar-refractivity contribution in [2.45, 2.75) is 26.2 Å². The summed E-state index contributed by atoms with van der Waals surface area (Å²) in [7, 11) is 0. The van der Waals surface area contributed by atoms with E-state index in [2.05, 4.69) is 175 Å². The van der Waals surface area contributed by atoms with Gasteiger partial charge in [-0.3, -0.25) is 4.57 Å². The smallest absolute Gasteiger partial charge is 0.145 e.